The van der Waals surface area contributed by atoms with Crippen LogP contribution in [0.4, 0.5) is 0 Å². The number of rotatable bonds is 2. The van der Waals surface area contributed by atoms with Gasteiger partial charge >= 0.3 is 0 Å². The lowest BCUT2D eigenvalue weighted by molar-refractivity contribution is -0.113. The van der Waals surface area contributed by atoms with Gasteiger partial charge in [-0.15, -0.1) is 0 Å². The van der Waals surface area contributed by atoms with Crippen molar-refractivity contribution in [2.45, 2.75) is 13.0 Å². The molecule has 3 nitrogen and oxygen atoms in total. The van der Waals surface area contributed by atoms with Gasteiger partial charge in [0.15, 0.2) is 0 Å². The zero-order valence-corrected chi connectivity index (χ0v) is 7.95. The van der Waals surface area contributed by atoms with Gasteiger partial charge in [0.25, 0.3) is 0 Å². The number of likely N-dealkylation sites (tertiary alicyclic amines) is 2. The van der Waals surface area contributed by atoms with Crippen LogP contribution in [0.25, 0.3) is 0 Å². The Kier molecular flexibility index (Phi) is 1.90. The number of hydrogen-bond donors (Lipinski definition) is 1. The average Bonchev–Trinajstić information content (AvgIpc) is 1.78. The van der Waals surface area contributed by atoms with Gasteiger partial charge in [-0.2, -0.15) is 0 Å². The molecule has 0 saturated carbocycles. The third-order valence-electron chi connectivity index (χ3n) is 2.85. The number of hydrogen-bond acceptors (Lipinski definition) is 3. The summed E-state index contributed by atoms with van der Waals surface area (Å²) in [5.74, 6) is 0. The van der Waals surface area contributed by atoms with Crippen LogP contribution in [0, 0.1) is 5.41 Å². The lowest BCUT2D eigenvalue weighted by Crippen LogP contribution is -2.71. The topological polar surface area (TPSA) is 26.7 Å². The Labute approximate surface area is 74.0 Å². The highest BCUT2D eigenvalue weighted by Gasteiger charge is 2.49. The molecule has 0 bridgehead atoms. The molecular formula is C9H18N2O. The molecule has 2 aliphatic heterocycles. The van der Waals surface area contributed by atoms with Gasteiger partial charge in [-0.1, -0.05) is 0 Å². The molecule has 0 aromatic heterocycles. The first-order valence-electron chi connectivity index (χ1n) is 4.69. The molecule has 1 N–H and O–H groups in total. The van der Waals surface area contributed by atoms with Gasteiger partial charge in [0.1, 0.15) is 0 Å². The molecule has 2 fully saturated rings. The third-order valence-corrected chi connectivity index (χ3v) is 2.85. The van der Waals surface area contributed by atoms with Gasteiger partial charge in [-0.25, -0.2) is 0 Å². The molecule has 0 aromatic rings. The summed E-state index contributed by atoms with van der Waals surface area (Å²) in [4.78, 5) is 4.71. The maximum Gasteiger partial charge on any atom is 0.0639 e. The average molecular weight is 170 g/mol. The molecule has 0 radical (unpaired) electrons. The van der Waals surface area contributed by atoms with E-state index in [-0.39, 0.29) is 6.10 Å². The Balaban J connectivity index is 1.70. The van der Waals surface area contributed by atoms with Crippen LogP contribution in [0.15, 0.2) is 0 Å². The molecule has 0 aliphatic carbocycles. The SMILES string of the molecule is C[C@H](O)CN1CC2(CN(C)C2)C1. The van der Waals surface area contributed by atoms with Crippen LogP contribution in [0.2, 0.25) is 0 Å². The van der Waals surface area contributed by atoms with Crippen molar-refractivity contribution in [3.05, 3.63) is 0 Å². The zero-order chi connectivity index (χ0) is 8.77. The van der Waals surface area contributed by atoms with Gasteiger partial charge in [0.2, 0.25) is 0 Å². The van der Waals surface area contributed by atoms with Crippen LogP contribution in [-0.4, -0.2) is 60.8 Å². The molecule has 2 saturated heterocycles. The first kappa shape index (κ1) is 8.48. The van der Waals surface area contributed by atoms with E-state index >= 15 is 0 Å². The molecule has 1 spiro atoms. The van der Waals surface area contributed by atoms with E-state index in [0.717, 1.165) is 6.54 Å². The van der Waals surface area contributed by atoms with Crippen molar-refractivity contribution in [2.75, 3.05) is 39.8 Å². The van der Waals surface area contributed by atoms with Gasteiger partial charge in [-0.05, 0) is 14.0 Å². The Bertz CT molecular complexity index is 167. The molecule has 2 heterocycles. The van der Waals surface area contributed by atoms with Crippen molar-refractivity contribution in [3.8, 4) is 0 Å². The van der Waals surface area contributed by atoms with Gasteiger partial charge < -0.3 is 10.0 Å². The summed E-state index contributed by atoms with van der Waals surface area (Å²) in [6.45, 7) is 7.61. The Morgan fingerprint density at radius 3 is 2.33 bits per heavy atom. The second-order valence-corrected chi connectivity index (χ2v) is 4.69. The van der Waals surface area contributed by atoms with Crippen molar-refractivity contribution in [3.63, 3.8) is 0 Å². The fourth-order valence-electron chi connectivity index (χ4n) is 2.70. The smallest absolute Gasteiger partial charge is 0.0639 e. The third kappa shape index (κ3) is 1.37. The highest BCUT2D eigenvalue weighted by Crippen LogP contribution is 2.38. The number of β-amino-alcohol motifs (C(OH)–C–C–N with tert-alkyl or cyclic N) is 1. The van der Waals surface area contributed by atoms with Crippen LogP contribution in [0.5, 0.6) is 0 Å². The molecule has 1 atom stereocenters. The number of aliphatic hydroxyl groups is 1. The van der Waals surface area contributed by atoms with E-state index in [1.165, 1.54) is 26.2 Å². The minimum atomic E-state index is -0.167. The molecule has 3 heteroatoms. The van der Waals surface area contributed by atoms with E-state index in [0.29, 0.717) is 5.41 Å². The summed E-state index contributed by atoms with van der Waals surface area (Å²) >= 11 is 0. The first-order chi connectivity index (χ1) is 5.60. The molecular weight excluding hydrogens is 152 g/mol. The summed E-state index contributed by atoms with van der Waals surface area (Å²) in [6.07, 6.45) is -0.167. The standard InChI is InChI=1S/C9H18N2O/c1-8(12)3-11-6-9(7-11)4-10(2)5-9/h8,12H,3-7H2,1-2H3/t8-/m0/s1. The van der Waals surface area contributed by atoms with Crippen LogP contribution in [0.3, 0.4) is 0 Å². The second kappa shape index (κ2) is 2.69. The molecule has 12 heavy (non-hydrogen) atoms. The van der Waals surface area contributed by atoms with E-state index in [4.69, 9.17) is 5.11 Å². The van der Waals surface area contributed by atoms with Gasteiger partial charge in [-0.3, -0.25) is 4.90 Å². The zero-order valence-electron chi connectivity index (χ0n) is 7.95. The highest BCUT2D eigenvalue weighted by atomic mass is 16.3. The fourth-order valence-corrected chi connectivity index (χ4v) is 2.70. The van der Waals surface area contributed by atoms with Crippen LogP contribution in [-0.2, 0) is 0 Å². The van der Waals surface area contributed by atoms with Crippen molar-refractivity contribution in [1.82, 2.24) is 9.80 Å². The number of aliphatic hydroxyl groups excluding tert-OH is 1. The van der Waals surface area contributed by atoms with Crippen molar-refractivity contribution in [1.29, 1.82) is 0 Å². The fraction of sp³-hybridized carbons (Fsp3) is 1.00. The summed E-state index contributed by atoms with van der Waals surface area (Å²) in [6, 6.07) is 0. The lowest BCUT2D eigenvalue weighted by Gasteiger charge is -2.60. The maximum atomic E-state index is 9.15. The first-order valence-corrected chi connectivity index (χ1v) is 4.69. The summed E-state index contributed by atoms with van der Waals surface area (Å²) < 4.78 is 0. The van der Waals surface area contributed by atoms with Crippen molar-refractivity contribution in [2.24, 2.45) is 5.41 Å². The minimum absolute atomic E-state index is 0.167. The Morgan fingerprint density at radius 2 is 1.92 bits per heavy atom. The van der Waals surface area contributed by atoms with Crippen LogP contribution in [0.1, 0.15) is 6.92 Å². The number of nitrogens with zero attached hydrogens (tertiary/aromatic N) is 2. The van der Waals surface area contributed by atoms with Crippen LogP contribution >= 0.6 is 0 Å². The van der Waals surface area contributed by atoms with E-state index < -0.39 is 0 Å². The van der Waals surface area contributed by atoms with E-state index in [1.54, 1.807) is 0 Å². The second-order valence-electron chi connectivity index (χ2n) is 4.69. The molecule has 70 valence electrons. The summed E-state index contributed by atoms with van der Waals surface area (Å²) in [7, 11) is 2.17. The summed E-state index contributed by atoms with van der Waals surface area (Å²) in [5, 5.41) is 9.15. The molecule has 2 rings (SSSR count). The Hall–Kier alpha value is -0.120. The predicted octanol–water partition coefficient (Wildman–Crippen LogP) is -0.385. The molecule has 0 unspecified atom stereocenters. The largest absolute Gasteiger partial charge is 0.392 e. The van der Waals surface area contributed by atoms with Crippen molar-refractivity contribution < 1.29 is 5.11 Å². The summed E-state index contributed by atoms with van der Waals surface area (Å²) in [5.41, 5.74) is 0.615. The van der Waals surface area contributed by atoms with E-state index in [9.17, 15) is 0 Å². The van der Waals surface area contributed by atoms with Crippen LogP contribution < -0.4 is 0 Å². The quantitative estimate of drug-likeness (QED) is 0.611. The van der Waals surface area contributed by atoms with E-state index in [1.807, 2.05) is 6.92 Å². The molecule has 0 aromatic carbocycles. The van der Waals surface area contributed by atoms with Gasteiger partial charge in [0.05, 0.1) is 6.10 Å². The molecule has 0 amide bonds. The monoisotopic (exact) mass is 170 g/mol. The Morgan fingerprint density at radius 1 is 1.33 bits per heavy atom. The lowest BCUT2D eigenvalue weighted by atomic mass is 9.73. The predicted molar refractivity (Wildman–Crippen MR) is 48.1 cm³/mol. The maximum absolute atomic E-state index is 9.15. The van der Waals surface area contributed by atoms with Crippen molar-refractivity contribution >= 4 is 0 Å². The molecule has 2 aliphatic rings. The van der Waals surface area contributed by atoms with Gasteiger partial charge in [0, 0.05) is 38.1 Å². The minimum Gasteiger partial charge on any atom is -0.392 e. The highest BCUT2D eigenvalue weighted by molar-refractivity contribution is 5.04. The van der Waals surface area contributed by atoms with E-state index in [2.05, 4.69) is 16.8 Å². The normalized spacial score (nSPS) is 31.2.